The van der Waals surface area contributed by atoms with Crippen molar-refractivity contribution < 1.29 is 9.53 Å². The number of rotatable bonds is 3. The molecule has 3 aliphatic heterocycles. The highest BCUT2D eigenvalue weighted by atomic mass is 35.5. The van der Waals surface area contributed by atoms with Crippen LogP contribution in [0.1, 0.15) is 60.9 Å². The molecule has 5 rings (SSSR count). The zero-order valence-electron chi connectivity index (χ0n) is 15.5. The molecule has 0 spiro atoms. The van der Waals surface area contributed by atoms with Crippen molar-refractivity contribution in [2.75, 3.05) is 0 Å². The zero-order chi connectivity index (χ0) is 18.5. The van der Waals surface area contributed by atoms with Crippen LogP contribution >= 0.6 is 11.6 Å². The number of carbonyl (C=O) groups excluding carboxylic acids is 1. The minimum Gasteiger partial charge on any atom is -0.368 e. The van der Waals surface area contributed by atoms with Gasteiger partial charge in [0, 0.05) is 42.0 Å². The third kappa shape index (κ3) is 2.97. The third-order valence-electron chi connectivity index (χ3n) is 6.55. The topological polar surface area (TPSA) is 47.4 Å². The molecule has 2 bridgehead atoms. The van der Waals surface area contributed by atoms with E-state index in [-0.39, 0.29) is 12.0 Å². The van der Waals surface area contributed by atoms with E-state index in [0.29, 0.717) is 31.0 Å². The number of hydrogen-bond donors (Lipinski definition) is 0. The molecular weight excluding hydrogens is 362 g/mol. The molecule has 5 nitrogen and oxygen atoms in total. The van der Waals surface area contributed by atoms with Crippen LogP contribution in [0.5, 0.6) is 0 Å². The van der Waals surface area contributed by atoms with Crippen molar-refractivity contribution in [3.05, 3.63) is 52.3 Å². The second kappa shape index (κ2) is 6.64. The molecule has 27 heavy (non-hydrogen) atoms. The first-order chi connectivity index (χ1) is 13.1. The molecule has 0 saturated carbocycles. The van der Waals surface area contributed by atoms with Crippen LogP contribution in [-0.4, -0.2) is 32.7 Å². The molecule has 3 atom stereocenters. The number of halogens is 1. The highest BCUT2D eigenvalue weighted by Gasteiger charge is 2.44. The van der Waals surface area contributed by atoms with Gasteiger partial charge in [0.15, 0.2) is 0 Å². The van der Waals surface area contributed by atoms with Gasteiger partial charge in [-0.2, -0.15) is 5.10 Å². The lowest BCUT2D eigenvalue weighted by molar-refractivity contribution is -0.138. The van der Waals surface area contributed by atoms with Gasteiger partial charge in [-0.15, -0.1) is 0 Å². The molecule has 2 fully saturated rings. The van der Waals surface area contributed by atoms with E-state index in [4.69, 9.17) is 16.3 Å². The maximum absolute atomic E-state index is 13.2. The lowest BCUT2D eigenvalue weighted by atomic mass is 9.87. The van der Waals surface area contributed by atoms with Crippen molar-refractivity contribution in [2.45, 2.75) is 62.8 Å². The standard InChI is InChI=1S/C21H24ClN3O2/c1-24-19(6-7-23-24)13-9-16-3-4-17(10-13)25(16)21(26)11-20-18-5-2-15(22)8-14(18)12-27-20/h2,5-8,13,16-17,20H,3-4,9-12H2,1H3. The monoisotopic (exact) mass is 385 g/mol. The van der Waals surface area contributed by atoms with E-state index in [1.807, 2.05) is 36.1 Å². The Morgan fingerprint density at radius 2 is 2.04 bits per heavy atom. The normalized spacial score (nSPS) is 29.2. The van der Waals surface area contributed by atoms with Gasteiger partial charge in [-0.1, -0.05) is 17.7 Å². The minimum atomic E-state index is -0.140. The van der Waals surface area contributed by atoms with Crippen LogP contribution < -0.4 is 0 Å². The summed E-state index contributed by atoms with van der Waals surface area (Å²) >= 11 is 6.08. The van der Waals surface area contributed by atoms with E-state index in [2.05, 4.69) is 16.1 Å². The first-order valence-corrected chi connectivity index (χ1v) is 10.2. The molecule has 0 aliphatic carbocycles. The van der Waals surface area contributed by atoms with Gasteiger partial charge in [0.25, 0.3) is 0 Å². The molecule has 1 aromatic heterocycles. The Kier molecular flexibility index (Phi) is 4.25. The zero-order valence-corrected chi connectivity index (χ0v) is 16.2. The molecule has 1 amide bonds. The highest BCUT2D eigenvalue weighted by Crippen LogP contribution is 2.44. The van der Waals surface area contributed by atoms with Gasteiger partial charge >= 0.3 is 0 Å². The lowest BCUT2D eigenvalue weighted by Gasteiger charge is -2.39. The van der Waals surface area contributed by atoms with Crippen molar-refractivity contribution in [3.63, 3.8) is 0 Å². The summed E-state index contributed by atoms with van der Waals surface area (Å²) in [6.45, 7) is 0.545. The summed E-state index contributed by atoms with van der Waals surface area (Å²) in [5, 5.41) is 5.04. The molecule has 0 N–H and O–H groups in total. The molecular formula is C21H24ClN3O2. The van der Waals surface area contributed by atoms with E-state index in [1.165, 1.54) is 5.69 Å². The van der Waals surface area contributed by atoms with Gasteiger partial charge in [-0.25, -0.2) is 0 Å². The van der Waals surface area contributed by atoms with Gasteiger partial charge in [-0.3, -0.25) is 9.48 Å². The minimum absolute atomic E-state index is 0.140. The van der Waals surface area contributed by atoms with E-state index in [1.54, 1.807) is 0 Å². The number of hydrogen-bond acceptors (Lipinski definition) is 3. The number of benzene rings is 1. The fraction of sp³-hybridized carbons (Fsp3) is 0.524. The largest absolute Gasteiger partial charge is 0.368 e. The maximum Gasteiger partial charge on any atom is 0.226 e. The quantitative estimate of drug-likeness (QED) is 0.803. The van der Waals surface area contributed by atoms with Gasteiger partial charge in [-0.05, 0) is 55.0 Å². The molecule has 3 unspecified atom stereocenters. The molecule has 0 radical (unpaired) electrons. The number of nitrogens with zero attached hydrogens (tertiary/aromatic N) is 3. The molecule has 4 heterocycles. The van der Waals surface area contributed by atoms with Crippen LogP contribution in [0, 0.1) is 0 Å². The molecule has 2 saturated heterocycles. The molecule has 2 aromatic rings. The second-order valence-corrected chi connectivity index (χ2v) is 8.52. The number of fused-ring (bicyclic) bond motifs is 3. The summed E-state index contributed by atoms with van der Waals surface area (Å²) < 4.78 is 7.89. The Hall–Kier alpha value is -1.85. The van der Waals surface area contributed by atoms with E-state index >= 15 is 0 Å². The number of ether oxygens (including phenoxy) is 1. The van der Waals surface area contributed by atoms with Gasteiger partial charge < -0.3 is 9.64 Å². The number of aryl methyl sites for hydroxylation is 1. The molecule has 142 valence electrons. The van der Waals surface area contributed by atoms with Crippen LogP contribution in [-0.2, 0) is 23.2 Å². The van der Waals surface area contributed by atoms with Crippen molar-refractivity contribution >= 4 is 17.5 Å². The number of carbonyl (C=O) groups is 1. The average Bonchev–Trinajstić information content (AvgIpc) is 3.31. The molecule has 3 aliphatic rings. The van der Waals surface area contributed by atoms with Crippen molar-refractivity contribution in [2.24, 2.45) is 7.05 Å². The summed E-state index contributed by atoms with van der Waals surface area (Å²) in [5.41, 5.74) is 3.52. The Labute approximate surface area is 164 Å². The summed E-state index contributed by atoms with van der Waals surface area (Å²) in [7, 11) is 2.01. The lowest BCUT2D eigenvalue weighted by Crippen LogP contribution is -2.46. The van der Waals surface area contributed by atoms with E-state index in [0.717, 1.165) is 41.8 Å². The SMILES string of the molecule is Cn1nccc1C1CC2CCC(C1)N2C(=O)CC1OCc2cc(Cl)ccc21. The number of piperidine rings is 1. The van der Waals surface area contributed by atoms with Crippen LogP contribution in [0.25, 0.3) is 0 Å². The molecule has 1 aromatic carbocycles. The van der Waals surface area contributed by atoms with Crippen molar-refractivity contribution in [1.29, 1.82) is 0 Å². The smallest absolute Gasteiger partial charge is 0.226 e. The van der Waals surface area contributed by atoms with Crippen molar-refractivity contribution in [1.82, 2.24) is 14.7 Å². The first kappa shape index (κ1) is 17.3. The fourth-order valence-corrected chi connectivity index (χ4v) is 5.53. The van der Waals surface area contributed by atoms with Crippen LogP contribution in [0.15, 0.2) is 30.5 Å². The summed E-state index contributed by atoms with van der Waals surface area (Å²) in [6.07, 6.45) is 6.47. The predicted octanol–water partition coefficient (Wildman–Crippen LogP) is 3.97. The molecule has 6 heteroatoms. The maximum atomic E-state index is 13.2. The van der Waals surface area contributed by atoms with Crippen LogP contribution in [0.3, 0.4) is 0 Å². The van der Waals surface area contributed by atoms with Gasteiger partial charge in [0.1, 0.15) is 0 Å². The van der Waals surface area contributed by atoms with E-state index in [9.17, 15) is 4.79 Å². The fourth-order valence-electron chi connectivity index (χ4n) is 5.34. The Morgan fingerprint density at radius 3 is 2.74 bits per heavy atom. The van der Waals surface area contributed by atoms with E-state index < -0.39 is 0 Å². The summed E-state index contributed by atoms with van der Waals surface area (Å²) in [5.74, 6) is 0.739. The number of amides is 1. The Bertz CT molecular complexity index is 866. The van der Waals surface area contributed by atoms with Gasteiger partial charge in [0.2, 0.25) is 5.91 Å². The summed E-state index contributed by atoms with van der Waals surface area (Å²) in [6, 6.07) is 8.66. The predicted molar refractivity (Wildman–Crippen MR) is 102 cm³/mol. The first-order valence-electron chi connectivity index (χ1n) is 9.79. The third-order valence-corrected chi connectivity index (χ3v) is 6.79. The average molecular weight is 386 g/mol. The summed E-state index contributed by atoms with van der Waals surface area (Å²) in [4.78, 5) is 15.3. The van der Waals surface area contributed by atoms with Gasteiger partial charge in [0.05, 0.1) is 19.1 Å². The van der Waals surface area contributed by atoms with Crippen LogP contribution in [0.2, 0.25) is 5.02 Å². The van der Waals surface area contributed by atoms with Crippen molar-refractivity contribution in [3.8, 4) is 0 Å². The Balaban J connectivity index is 1.29. The second-order valence-electron chi connectivity index (χ2n) is 8.08. The highest BCUT2D eigenvalue weighted by molar-refractivity contribution is 6.30. The van der Waals surface area contributed by atoms with Crippen LogP contribution in [0.4, 0.5) is 0 Å². The Morgan fingerprint density at radius 1 is 1.26 bits per heavy atom. The number of aromatic nitrogens is 2.